The number of thioether (sulfide) groups is 1. The number of ether oxygens (including phenoxy) is 2. The summed E-state index contributed by atoms with van der Waals surface area (Å²) in [7, 11) is 0. The molecule has 0 aliphatic carbocycles. The predicted molar refractivity (Wildman–Crippen MR) is 144 cm³/mol. The number of furan rings is 1. The normalized spacial score (nSPS) is 16.4. The van der Waals surface area contributed by atoms with Gasteiger partial charge < -0.3 is 23.7 Å². The minimum Gasteiger partial charge on any atom is -0.466 e. The summed E-state index contributed by atoms with van der Waals surface area (Å²) >= 11 is 1.48. The first-order valence-corrected chi connectivity index (χ1v) is 14.0. The first-order chi connectivity index (χ1) is 18.6. The van der Waals surface area contributed by atoms with E-state index in [2.05, 4.69) is 4.90 Å². The van der Waals surface area contributed by atoms with Crippen LogP contribution in [0.3, 0.4) is 0 Å². The smallest absolute Gasteiger partial charge is 0.309 e. The molecule has 200 valence electrons. The molecule has 2 aromatic heterocycles. The van der Waals surface area contributed by atoms with Crippen molar-refractivity contribution < 1.29 is 23.5 Å². The van der Waals surface area contributed by atoms with Gasteiger partial charge in [-0.2, -0.15) is 0 Å². The lowest BCUT2D eigenvalue weighted by atomic mass is 9.97. The summed E-state index contributed by atoms with van der Waals surface area (Å²) in [5.74, 6) is 1.90. The molecule has 0 unspecified atom stereocenters. The quantitative estimate of drug-likeness (QED) is 0.237. The van der Waals surface area contributed by atoms with Crippen molar-refractivity contribution in [1.82, 2.24) is 14.9 Å². The summed E-state index contributed by atoms with van der Waals surface area (Å²) in [6, 6.07) is 15.6. The van der Waals surface area contributed by atoms with Crippen molar-refractivity contribution in [2.45, 2.75) is 30.7 Å². The Morgan fingerprint density at radius 3 is 2.53 bits per heavy atom. The van der Waals surface area contributed by atoms with E-state index in [0.29, 0.717) is 68.2 Å². The molecule has 2 aliphatic heterocycles. The lowest BCUT2D eigenvalue weighted by Crippen LogP contribution is -2.40. The maximum absolute atomic E-state index is 13.0. The van der Waals surface area contributed by atoms with E-state index in [4.69, 9.17) is 23.9 Å². The van der Waals surface area contributed by atoms with Gasteiger partial charge in [-0.1, -0.05) is 42.1 Å². The van der Waals surface area contributed by atoms with Crippen molar-refractivity contribution in [3.8, 4) is 11.3 Å². The molecule has 0 radical (unpaired) electrons. The van der Waals surface area contributed by atoms with Crippen molar-refractivity contribution in [1.29, 1.82) is 0 Å². The third kappa shape index (κ3) is 6.36. The molecule has 0 atom stereocenters. The number of anilines is 1. The first kappa shape index (κ1) is 26.2. The second-order valence-corrected chi connectivity index (χ2v) is 10.2. The largest absolute Gasteiger partial charge is 0.466 e. The number of nitrogens with zero attached hydrogens (tertiary/aromatic N) is 4. The lowest BCUT2D eigenvalue weighted by molar-refractivity contribution is -0.149. The van der Waals surface area contributed by atoms with Crippen LogP contribution in [0.25, 0.3) is 11.3 Å². The fourth-order valence-electron chi connectivity index (χ4n) is 4.63. The second-order valence-electron chi connectivity index (χ2n) is 9.23. The van der Waals surface area contributed by atoms with Crippen molar-refractivity contribution in [3.05, 3.63) is 60.1 Å². The van der Waals surface area contributed by atoms with Crippen LogP contribution in [0.1, 0.15) is 36.1 Å². The third-order valence-electron chi connectivity index (χ3n) is 6.71. The van der Waals surface area contributed by atoms with Gasteiger partial charge in [0, 0.05) is 37.8 Å². The van der Waals surface area contributed by atoms with Crippen LogP contribution in [0, 0.1) is 5.92 Å². The van der Waals surface area contributed by atoms with E-state index in [1.165, 1.54) is 11.8 Å². The molecular formula is C28H32N4O5S. The molecule has 0 N–H and O–H groups in total. The van der Waals surface area contributed by atoms with Gasteiger partial charge in [0.25, 0.3) is 5.91 Å². The topological polar surface area (TPSA) is 98.0 Å². The van der Waals surface area contributed by atoms with Crippen molar-refractivity contribution in [2.24, 2.45) is 5.92 Å². The molecule has 3 aromatic rings. The van der Waals surface area contributed by atoms with Crippen LogP contribution in [0.4, 0.5) is 5.82 Å². The summed E-state index contributed by atoms with van der Waals surface area (Å²) in [4.78, 5) is 38.5. The molecule has 4 heterocycles. The van der Waals surface area contributed by atoms with E-state index in [-0.39, 0.29) is 17.8 Å². The van der Waals surface area contributed by atoms with Crippen LogP contribution < -0.4 is 4.90 Å². The monoisotopic (exact) mass is 536 g/mol. The molecule has 1 aromatic carbocycles. The average Bonchev–Trinajstić information content (AvgIpc) is 3.46. The highest BCUT2D eigenvalue weighted by Gasteiger charge is 2.29. The molecule has 0 bridgehead atoms. The van der Waals surface area contributed by atoms with E-state index in [0.717, 1.165) is 30.2 Å². The van der Waals surface area contributed by atoms with Crippen LogP contribution in [0.5, 0.6) is 0 Å². The number of esters is 1. The number of likely N-dealkylation sites (tertiary alicyclic amines) is 1. The molecule has 2 fully saturated rings. The van der Waals surface area contributed by atoms with Gasteiger partial charge in [-0.25, -0.2) is 9.97 Å². The fraction of sp³-hybridized carbons (Fsp3) is 0.429. The van der Waals surface area contributed by atoms with E-state index in [1.54, 1.807) is 17.9 Å². The Balaban J connectivity index is 1.24. The van der Waals surface area contributed by atoms with Crippen LogP contribution in [0.15, 0.2) is 58.1 Å². The van der Waals surface area contributed by atoms with Gasteiger partial charge in [-0.3, -0.25) is 9.59 Å². The van der Waals surface area contributed by atoms with Gasteiger partial charge in [0.15, 0.2) is 10.9 Å². The minimum atomic E-state index is -0.174. The van der Waals surface area contributed by atoms with Gasteiger partial charge in [-0.15, -0.1) is 0 Å². The van der Waals surface area contributed by atoms with Crippen LogP contribution in [0.2, 0.25) is 0 Å². The number of rotatable bonds is 8. The number of amides is 1. The number of hydrogen-bond donors (Lipinski definition) is 0. The average molecular weight is 537 g/mol. The molecule has 2 saturated heterocycles. The maximum atomic E-state index is 13.0. The van der Waals surface area contributed by atoms with E-state index in [1.807, 2.05) is 42.5 Å². The highest BCUT2D eigenvalue weighted by Crippen LogP contribution is 2.29. The summed E-state index contributed by atoms with van der Waals surface area (Å²) in [5, 5.41) is 0.651. The number of carbonyl (C=O) groups is 2. The fourth-order valence-corrected chi connectivity index (χ4v) is 5.38. The summed E-state index contributed by atoms with van der Waals surface area (Å²) in [6.07, 6.45) is 1.21. The molecule has 2 aliphatic rings. The van der Waals surface area contributed by atoms with Gasteiger partial charge >= 0.3 is 5.97 Å². The molecule has 9 nitrogen and oxygen atoms in total. The van der Waals surface area contributed by atoms with E-state index < -0.39 is 0 Å². The number of morpholine rings is 1. The maximum Gasteiger partial charge on any atom is 0.309 e. The Morgan fingerprint density at radius 2 is 1.79 bits per heavy atom. The molecule has 10 heteroatoms. The highest BCUT2D eigenvalue weighted by molar-refractivity contribution is 7.98. The van der Waals surface area contributed by atoms with Crippen molar-refractivity contribution in [2.75, 3.05) is 50.9 Å². The predicted octanol–water partition coefficient (Wildman–Crippen LogP) is 4.28. The summed E-state index contributed by atoms with van der Waals surface area (Å²) < 4.78 is 16.5. The number of benzene rings is 1. The zero-order valence-electron chi connectivity index (χ0n) is 21.5. The SMILES string of the molecule is CCOC(=O)C1CCN(C(=O)c2ccc(CSc3nc(-c4ccccc4)cc(N4CCOCC4)n3)o2)CC1. The third-order valence-corrected chi connectivity index (χ3v) is 7.58. The van der Waals surface area contributed by atoms with Crippen molar-refractivity contribution >= 4 is 29.5 Å². The van der Waals surface area contributed by atoms with Crippen LogP contribution >= 0.6 is 11.8 Å². The molecule has 0 spiro atoms. The Hall–Kier alpha value is -3.37. The van der Waals surface area contributed by atoms with Crippen LogP contribution in [-0.2, 0) is 20.0 Å². The van der Waals surface area contributed by atoms with E-state index >= 15 is 0 Å². The second kappa shape index (κ2) is 12.4. The number of carbonyl (C=O) groups excluding carboxylic acids is 2. The van der Waals surface area contributed by atoms with Gasteiger partial charge in [0.2, 0.25) is 0 Å². The molecule has 0 saturated carbocycles. The molecule has 38 heavy (non-hydrogen) atoms. The van der Waals surface area contributed by atoms with Crippen LogP contribution in [-0.4, -0.2) is 72.7 Å². The lowest BCUT2D eigenvalue weighted by Gasteiger charge is -2.30. The van der Waals surface area contributed by atoms with Crippen molar-refractivity contribution in [3.63, 3.8) is 0 Å². The Morgan fingerprint density at radius 1 is 1.03 bits per heavy atom. The number of hydrogen-bond acceptors (Lipinski definition) is 9. The highest BCUT2D eigenvalue weighted by atomic mass is 32.2. The first-order valence-electron chi connectivity index (χ1n) is 13.1. The standard InChI is InChI=1S/C28H32N4O5S/c1-2-36-27(34)21-10-12-32(13-11-21)26(33)24-9-8-22(37-24)19-38-28-29-23(20-6-4-3-5-7-20)18-25(30-28)31-14-16-35-17-15-31/h3-9,18,21H,2,10-17,19H2,1H3. The Labute approximate surface area is 226 Å². The van der Waals surface area contributed by atoms with Gasteiger partial charge in [-0.05, 0) is 31.9 Å². The Bertz CT molecular complexity index is 1240. The number of aromatic nitrogens is 2. The summed E-state index contributed by atoms with van der Waals surface area (Å²) in [6.45, 7) is 6.13. The minimum absolute atomic E-state index is 0.142. The zero-order valence-corrected chi connectivity index (χ0v) is 22.3. The van der Waals surface area contributed by atoms with E-state index in [9.17, 15) is 9.59 Å². The Kier molecular flexibility index (Phi) is 8.60. The number of piperidine rings is 1. The molecule has 1 amide bonds. The van der Waals surface area contributed by atoms with Gasteiger partial charge in [0.1, 0.15) is 11.6 Å². The molecule has 5 rings (SSSR count). The molecular weight excluding hydrogens is 504 g/mol. The zero-order chi connectivity index (χ0) is 26.3. The summed E-state index contributed by atoms with van der Waals surface area (Å²) in [5.41, 5.74) is 1.90. The van der Waals surface area contributed by atoms with Gasteiger partial charge in [0.05, 0.1) is 37.2 Å².